The number of nitrogens with zero attached hydrogens (tertiary/aromatic N) is 3. The van der Waals surface area contributed by atoms with Gasteiger partial charge in [-0.15, -0.1) is 0 Å². The van der Waals surface area contributed by atoms with Crippen molar-refractivity contribution < 1.29 is 4.39 Å². The number of rotatable bonds is 6. The van der Waals surface area contributed by atoms with Crippen LogP contribution in [0.5, 0.6) is 0 Å². The number of nitrogens with one attached hydrogen (secondary N) is 1. The van der Waals surface area contributed by atoms with Gasteiger partial charge in [0.2, 0.25) is 0 Å². The number of halogens is 1. The van der Waals surface area contributed by atoms with Crippen LogP contribution in [0.4, 0.5) is 10.1 Å². The zero-order valence-electron chi connectivity index (χ0n) is 12.6. The van der Waals surface area contributed by atoms with Crippen molar-refractivity contribution in [2.24, 2.45) is 0 Å². The molecule has 1 atom stereocenters. The van der Waals surface area contributed by atoms with E-state index in [1.54, 1.807) is 6.07 Å². The molecule has 114 valence electrons. The summed E-state index contributed by atoms with van der Waals surface area (Å²) in [5.74, 6) is -0.150. The van der Waals surface area contributed by atoms with Crippen LogP contribution in [0.3, 0.4) is 0 Å². The molecule has 1 fully saturated rings. The van der Waals surface area contributed by atoms with Crippen LogP contribution in [0, 0.1) is 17.1 Å². The molecule has 1 aliphatic rings. The first-order valence-electron chi connectivity index (χ1n) is 7.59. The summed E-state index contributed by atoms with van der Waals surface area (Å²) >= 11 is 0. The van der Waals surface area contributed by atoms with E-state index in [0.717, 1.165) is 45.7 Å². The summed E-state index contributed by atoms with van der Waals surface area (Å²) in [7, 11) is 0. The second-order valence-electron chi connectivity index (χ2n) is 5.31. The standard InChI is InChI=1S/C16H23FN4/c1-2-19-14(13-18)7-8-20-9-11-21(12-10-20)16-6-4-3-5-15(16)17/h3-6,14,19H,2,7-12H2,1H3. The molecule has 5 heteroatoms. The molecule has 0 saturated carbocycles. The lowest BCUT2D eigenvalue weighted by molar-refractivity contribution is 0.248. The maximum atomic E-state index is 13.8. The molecule has 1 unspecified atom stereocenters. The predicted molar refractivity (Wildman–Crippen MR) is 82.7 cm³/mol. The third-order valence-corrected chi connectivity index (χ3v) is 3.91. The monoisotopic (exact) mass is 290 g/mol. The fraction of sp³-hybridized carbons (Fsp3) is 0.562. The molecule has 0 bridgehead atoms. The van der Waals surface area contributed by atoms with Gasteiger partial charge in [-0.05, 0) is 25.1 Å². The van der Waals surface area contributed by atoms with E-state index in [1.807, 2.05) is 19.1 Å². The van der Waals surface area contributed by atoms with Gasteiger partial charge in [-0.25, -0.2) is 4.39 Å². The lowest BCUT2D eigenvalue weighted by Crippen LogP contribution is -2.47. The Bertz CT molecular complexity index is 477. The highest BCUT2D eigenvalue weighted by atomic mass is 19.1. The molecule has 0 radical (unpaired) electrons. The van der Waals surface area contributed by atoms with Crippen LogP contribution >= 0.6 is 0 Å². The van der Waals surface area contributed by atoms with Gasteiger partial charge in [0.25, 0.3) is 0 Å². The number of hydrogen-bond acceptors (Lipinski definition) is 4. The highest BCUT2D eigenvalue weighted by molar-refractivity contribution is 5.47. The van der Waals surface area contributed by atoms with Crippen molar-refractivity contribution in [3.63, 3.8) is 0 Å². The molecular formula is C16H23FN4. The van der Waals surface area contributed by atoms with Crippen LogP contribution in [-0.4, -0.2) is 50.2 Å². The summed E-state index contributed by atoms with van der Waals surface area (Å²) in [6.07, 6.45) is 0.837. The third-order valence-electron chi connectivity index (χ3n) is 3.91. The molecule has 0 amide bonds. The Hall–Kier alpha value is -1.64. The topological polar surface area (TPSA) is 42.3 Å². The molecule has 1 N–H and O–H groups in total. The Morgan fingerprint density at radius 1 is 1.29 bits per heavy atom. The summed E-state index contributed by atoms with van der Waals surface area (Å²) in [5, 5.41) is 12.2. The van der Waals surface area contributed by atoms with Gasteiger partial charge < -0.3 is 10.2 Å². The average Bonchev–Trinajstić information content (AvgIpc) is 2.52. The van der Waals surface area contributed by atoms with E-state index in [1.165, 1.54) is 6.07 Å². The van der Waals surface area contributed by atoms with Crippen molar-refractivity contribution in [1.29, 1.82) is 5.26 Å². The molecule has 2 rings (SSSR count). The molecule has 0 aliphatic carbocycles. The summed E-state index contributed by atoms with van der Waals surface area (Å²) in [6, 6.07) is 9.16. The first-order chi connectivity index (χ1) is 10.2. The molecule has 1 aromatic carbocycles. The molecule has 1 aromatic rings. The summed E-state index contributed by atoms with van der Waals surface area (Å²) < 4.78 is 13.8. The molecule has 1 heterocycles. The maximum Gasteiger partial charge on any atom is 0.146 e. The normalized spacial score (nSPS) is 17.5. The van der Waals surface area contributed by atoms with Gasteiger partial charge in [0.15, 0.2) is 0 Å². The Morgan fingerprint density at radius 3 is 2.62 bits per heavy atom. The lowest BCUT2D eigenvalue weighted by Gasteiger charge is -2.36. The highest BCUT2D eigenvalue weighted by Crippen LogP contribution is 2.20. The quantitative estimate of drug-likeness (QED) is 0.868. The van der Waals surface area contributed by atoms with Crippen molar-refractivity contribution in [3.05, 3.63) is 30.1 Å². The number of hydrogen-bond donors (Lipinski definition) is 1. The SMILES string of the molecule is CCNC(C#N)CCN1CCN(c2ccccc2F)CC1. The van der Waals surface area contributed by atoms with Crippen LogP contribution in [0.2, 0.25) is 0 Å². The first-order valence-corrected chi connectivity index (χ1v) is 7.59. The second-order valence-corrected chi connectivity index (χ2v) is 5.31. The Kier molecular flexibility index (Phi) is 5.97. The Morgan fingerprint density at radius 2 is 2.00 bits per heavy atom. The fourth-order valence-corrected chi connectivity index (χ4v) is 2.69. The smallest absolute Gasteiger partial charge is 0.146 e. The minimum Gasteiger partial charge on any atom is -0.367 e. The van der Waals surface area contributed by atoms with Gasteiger partial charge in [-0.2, -0.15) is 5.26 Å². The average molecular weight is 290 g/mol. The zero-order chi connectivity index (χ0) is 15.1. The van der Waals surface area contributed by atoms with E-state index >= 15 is 0 Å². The largest absolute Gasteiger partial charge is 0.367 e. The third kappa shape index (κ3) is 4.42. The van der Waals surface area contributed by atoms with E-state index < -0.39 is 0 Å². The number of piperazine rings is 1. The summed E-state index contributed by atoms with van der Waals surface area (Å²) in [6.45, 7) is 7.24. The van der Waals surface area contributed by atoms with E-state index in [9.17, 15) is 4.39 Å². The molecule has 1 aliphatic heterocycles. The van der Waals surface area contributed by atoms with Gasteiger partial charge in [0, 0.05) is 32.7 Å². The number of nitriles is 1. The van der Waals surface area contributed by atoms with E-state index in [-0.39, 0.29) is 11.9 Å². The Balaban J connectivity index is 1.79. The van der Waals surface area contributed by atoms with Gasteiger partial charge in [-0.1, -0.05) is 19.1 Å². The number of anilines is 1. The number of para-hydroxylation sites is 1. The lowest BCUT2D eigenvalue weighted by atomic mass is 10.2. The molecular weight excluding hydrogens is 267 g/mol. The van der Waals surface area contributed by atoms with Gasteiger partial charge in [0.05, 0.1) is 17.8 Å². The van der Waals surface area contributed by atoms with Crippen molar-refractivity contribution in [1.82, 2.24) is 10.2 Å². The summed E-state index contributed by atoms with van der Waals surface area (Å²) in [4.78, 5) is 4.44. The minimum atomic E-state index is -0.150. The van der Waals surface area contributed by atoms with E-state index in [4.69, 9.17) is 5.26 Å². The molecule has 1 saturated heterocycles. The number of benzene rings is 1. The second kappa shape index (κ2) is 7.96. The van der Waals surface area contributed by atoms with Gasteiger partial charge >= 0.3 is 0 Å². The Labute approximate surface area is 126 Å². The predicted octanol–water partition coefficient (Wildman–Crippen LogP) is 1.84. The molecule has 0 aromatic heterocycles. The van der Waals surface area contributed by atoms with Crippen molar-refractivity contribution in [2.45, 2.75) is 19.4 Å². The fourth-order valence-electron chi connectivity index (χ4n) is 2.69. The van der Waals surface area contributed by atoms with Crippen LogP contribution < -0.4 is 10.2 Å². The van der Waals surface area contributed by atoms with E-state index in [2.05, 4.69) is 21.2 Å². The van der Waals surface area contributed by atoms with E-state index in [0.29, 0.717) is 5.69 Å². The van der Waals surface area contributed by atoms with Crippen LogP contribution in [0.15, 0.2) is 24.3 Å². The van der Waals surface area contributed by atoms with Crippen LogP contribution in [-0.2, 0) is 0 Å². The van der Waals surface area contributed by atoms with Crippen molar-refractivity contribution in [3.8, 4) is 6.07 Å². The molecule has 0 spiro atoms. The first kappa shape index (κ1) is 15.7. The van der Waals surface area contributed by atoms with Gasteiger partial charge in [0.1, 0.15) is 5.82 Å². The van der Waals surface area contributed by atoms with Crippen molar-refractivity contribution >= 4 is 5.69 Å². The maximum absolute atomic E-state index is 13.8. The van der Waals surface area contributed by atoms with Crippen LogP contribution in [0.25, 0.3) is 0 Å². The highest BCUT2D eigenvalue weighted by Gasteiger charge is 2.19. The van der Waals surface area contributed by atoms with Crippen molar-refractivity contribution in [2.75, 3.05) is 44.2 Å². The zero-order valence-corrected chi connectivity index (χ0v) is 12.6. The van der Waals surface area contributed by atoms with Gasteiger partial charge in [-0.3, -0.25) is 4.90 Å². The summed E-state index contributed by atoms with van der Waals surface area (Å²) in [5.41, 5.74) is 0.694. The molecule has 21 heavy (non-hydrogen) atoms. The molecule has 4 nitrogen and oxygen atoms in total. The minimum absolute atomic E-state index is 0.0698. The van der Waals surface area contributed by atoms with Crippen LogP contribution in [0.1, 0.15) is 13.3 Å².